The average Bonchev–Trinajstić information content (AvgIpc) is 2.15. The number of hydrogen-bond acceptors (Lipinski definition) is 4. The Morgan fingerprint density at radius 1 is 1.38 bits per heavy atom. The summed E-state index contributed by atoms with van der Waals surface area (Å²) in [5.74, 6) is 1.14. The number of aromatic nitrogens is 2. The van der Waals surface area contributed by atoms with E-state index in [0.717, 1.165) is 30.2 Å². The number of thioether (sulfide) groups is 1. The maximum Gasteiger partial charge on any atom is 0.0724 e. The van der Waals surface area contributed by atoms with Gasteiger partial charge >= 0.3 is 0 Å². The lowest BCUT2D eigenvalue weighted by Crippen LogP contribution is -2.17. The van der Waals surface area contributed by atoms with E-state index in [1.165, 1.54) is 0 Å². The molecule has 0 bridgehead atoms. The van der Waals surface area contributed by atoms with E-state index in [2.05, 4.69) is 21.5 Å². The van der Waals surface area contributed by atoms with Crippen molar-refractivity contribution in [3.05, 3.63) is 23.8 Å². The number of hydrogen-bond donors (Lipinski definition) is 1. The van der Waals surface area contributed by atoms with Gasteiger partial charge in [0, 0.05) is 31.2 Å². The molecule has 13 heavy (non-hydrogen) atoms. The Morgan fingerprint density at radius 3 is 2.85 bits per heavy atom. The highest BCUT2D eigenvalue weighted by molar-refractivity contribution is 7.98. The maximum absolute atomic E-state index is 4.24. The lowest BCUT2D eigenvalue weighted by Gasteiger charge is -2.02. The van der Waals surface area contributed by atoms with Gasteiger partial charge < -0.3 is 5.32 Å². The Labute approximate surface area is 83.4 Å². The standard InChI is InChI=1S/C9H15N3S/c1-8-5-12-9(7-11-8)6-10-3-4-13-2/h5,7,10H,3-4,6H2,1-2H3. The second kappa shape index (κ2) is 5.94. The molecular weight excluding hydrogens is 182 g/mol. The predicted molar refractivity (Wildman–Crippen MR) is 56.9 cm³/mol. The number of nitrogens with zero attached hydrogens (tertiary/aromatic N) is 2. The molecule has 0 atom stereocenters. The van der Waals surface area contributed by atoms with Gasteiger partial charge in [-0.15, -0.1) is 0 Å². The van der Waals surface area contributed by atoms with Crippen LogP contribution in [0.4, 0.5) is 0 Å². The average molecular weight is 197 g/mol. The predicted octanol–water partition coefficient (Wildman–Crippen LogP) is 1.24. The lowest BCUT2D eigenvalue weighted by molar-refractivity contribution is 0.710. The zero-order valence-electron chi connectivity index (χ0n) is 8.08. The fraction of sp³-hybridized carbons (Fsp3) is 0.556. The summed E-state index contributed by atoms with van der Waals surface area (Å²) in [6, 6.07) is 0. The van der Waals surface area contributed by atoms with E-state index < -0.39 is 0 Å². The van der Waals surface area contributed by atoms with E-state index in [4.69, 9.17) is 0 Å². The van der Waals surface area contributed by atoms with E-state index in [1.807, 2.05) is 24.9 Å². The van der Waals surface area contributed by atoms with Gasteiger partial charge in [0.25, 0.3) is 0 Å². The van der Waals surface area contributed by atoms with Gasteiger partial charge in [-0.2, -0.15) is 11.8 Å². The van der Waals surface area contributed by atoms with Crippen LogP contribution < -0.4 is 5.32 Å². The third kappa shape index (κ3) is 4.24. The first-order valence-corrected chi connectivity index (χ1v) is 5.69. The first-order valence-electron chi connectivity index (χ1n) is 4.30. The zero-order chi connectivity index (χ0) is 9.52. The first kappa shape index (κ1) is 10.5. The Hall–Kier alpha value is -0.610. The van der Waals surface area contributed by atoms with E-state index >= 15 is 0 Å². The molecule has 0 fully saturated rings. The molecule has 0 aliphatic rings. The van der Waals surface area contributed by atoms with E-state index in [1.54, 1.807) is 6.20 Å². The van der Waals surface area contributed by atoms with Gasteiger partial charge in [-0.25, -0.2) is 0 Å². The van der Waals surface area contributed by atoms with Crippen LogP contribution in [0.2, 0.25) is 0 Å². The molecule has 72 valence electrons. The minimum atomic E-state index is 0.813. The molecule has 3 nitrogen and oxygen atoms in total. The van der Waals surface area contributed by atoms with Gasteiger partial charge in [0.2, 0.25) is 0 Å². The van der Waals surface area contributed by atoms with Gasteiger partial charge in [0.05, 0.1) is 11.4 Å². The van der Waals surface area contributed by atoms with E-state index in [-0.39, 0.29) is 0 Å². The Kier molecular flexibility index (Phi) is 4.78. The fourth-order valence-corrected chi connectivity index (χ4v) is 1.25. The molecule has 0 spiro atoms. The van der Waals surface area contributed by atoms with Crippen LogP contribution >= 0.6 is 11.8 Å². The van der Waals surface area contributed by atoms with Crippen molar-refractivity contribution in [3.8, 4) is 0 Å². The molecule has 0 unspecified atom stereocenters. The fourth-order valence-electron chi connectivity index (χ4n) is 0.901. The summed E-state index contributed by atoms with van der Waals surface area (Å²) in [5.41, 5.74) is 1.97. The summed E-state index contributed by atoms with van der Waals surface area (Å²) >= 11 is 1.84. The summed E-state index contributed by atoms with van der Waals surface area (Å²) < 4.78 is 0. The Morgan fingerprint density at radius 2 is 2.23 bits per heavy atom. The van der Waals surface area contributed by atoms with Gasteiger partial charge in [0.15, 0.2) is 0 Å². The molecule has 0 amide bonds. The maximum atomic E-state index is 4.24. The van der Waals surface area contributed by atoms with Crippen molar-refractivity contribution in [1.82, 2.24) is 15.3 Å². The topological polar surface area (TPSA) is 37.8 Å². The Balaban J connectivity index is 2.25. The highest BCUT2D eigenvalue weighted by Gasteiger charge is 1.93. The second-order valence-corrected chi connectivity index (χ2v) is 3.80. The molecule has 0 aromatic carbocycles. The normalized spacial score (nSPS) is 10.3. The van der Waals surface area contributed by atoms with Crippen LogP contribution in [0.3, 0.4) is 0 Å². The van der Waals surface area contributed by atoms with Crippen molar-refractivity contribution in [2.24, 2.45) is 0 Å². The van der Waals surface area contributed by atoms with E-state index in [0.29, 0.717) is 0 Å². The van der Waals surface area contributed by atoms with Gasteiger partial charge in [0.1, 0.15) is 0 Å². The van der Waals surface area contributed by atoms with Crippen LogP contribution in [0.5, 0.6) is 0 Å². The highest BCUT2D eigenvalue weighted by Crippen LogP contribution is 1.93. The quantitative estimate of drug-likeness (QED) is 0.721. The van der Waals surface area contributed by atoms with Crippen molar-refractivity contribution >= 4 is 11.8 Å². The molecule has 1 N–H and O–H groups in total. The second-order valence-electron chi connectivity index (χ2n) is 2.82. The van der Waals surface area contributed by atoms with Gasteiger partial charge in [-0.1, -0.05) is 0 Å². The van der Waals surface area contributed by atoms with Crippen molar-refractivity contribution in [2.45, 2.75) is 13.5 Å². The minimum absolute atomic E-state index is 0.813. The summed E-state index contributed by atoms with van der Waals surface area (Å²) in [6.45, 7) is 3.78. The minimum Gasteiger partial charge on any atom is -0.310 e. The van der Waals surface area contributed by atoms with Gasteiger partial charge in [-0.3, -0.25) is 9.97 Å². The molecule has 0 saturated heterocycles. The number of rotatable bonds is 5. The van der Waals surface area contributed by atoms with Crippen LogP contribution in [-0.2, 0) is 6.54 Å². The smallest absolute Gasteiger partial charge is 0.0724 e. The monoisotopic (exact) mass is 197 g/mol. The summed E-state index contributed by atoms with van der Waals surface area (Å²) in [7, 11) is 0. The van der Waals surface area contributed by atoms with Crippen LogP contribution in [-0.4, -0.2) is 28.5 Å². The van der Waals surface area contributed by atoms with Gasteiger partial charge in [-0.05, 0) is 13.2 Å². The molecule has 0 aliphatic heterocycles. The Bertz CT molecular complexity index is 235. The third-order valence-corrected chi connectivity index (χ3v) is 2.24. The third-order valence-electron chi connectivity index (χ3n) is 1.62. The summed E-state index contributed by atoms with van der Waals surface area (Å²) in [5, 5.41) is 3.30. The van der Waals surface area contributed by atoms with Crippen LogP contribution in [0, 0.1) is 6.92 Å². The molecule has 1 aromatic heterocycles. The van der Waals surface area contributed by atoms with Crippen molar-refractivity contribution in [2.75, 3.05) is 18.6 Å². The van der Waals surface area contributed by atoms with E-state index in [9.17, 15) is 0 Å². The van der Waals surface area contributed by atoms with Crippen molar-refractivity contribution in [3.63, 3.8) is 0 Å². The van der Waals surface area contributed by atoms with Crippen LogP contribution in [0.15, 0.2) is 12.4 Å². The number of aryl methyl sites for hydroxylation is 1. The highest BCUT2D eigenvalue weighted by atomic mass is 32.2. The molecule has 0 aliphatic carbocycles. The molecular formula is C9H15N3S. The van der Waals surface area contributed by atoms with Crippen molar-refractivity contribution < 1.29 is 0 Å². The number of nitrogens with one attached hydrogen (secondary N) is 1. The molecule has 0 radical (unpaired) electrons. The molecule has 1 rings (SSSR count). The molecule has 1 aromatic rings. The first-order chi connectivity index (χ1) is 6.33. The van der Waals surface area contributed by atoms with Crippen LogP contribution in [0.25, 0.3) is 0 Å². The summed E-state index contributed by atoms with van der Waals surface area (Å²) in [6.07, 6.45) is 5.72. The molecule has 4 heteroatoms. The molecule has 1 heterocycles. The SMILES string of the molecule is CSCCNCc1cnc(C)cn1. The largest absolute Gasteiger partial charge is 0.310 e. The van der Waals surface area contributed by atoms with Crippen molar-refractivity contribution in [1.29, 1.82) is 0 Å². The zero-order valence-corrected chi connectivity index (χ0v) is 8.90. The molecule has 0 saturated carbocycles. The summed E-state index contributed by atoms with van der Waals surface area (Å²) in [4.78, 5) is 8.41. The lowest BCUT2D eigenvalue weighted by atomic mass is 10.4. The van der Waals surface area contributed by atoms with Crippen LogP contribution in [0.1, 0.15) is 11.4 Å².